The Morgan fingerprint density at radius 2 is 1.48 bits per heavy atom. The van der Waals surface area contributed by atoms with Crippen molar-refractivity contribution in [1.29, 1.82) is 0 Å². The molecule has 0 unspecified atom stereocenters. The maximum atomic E-state index is 12.2. The minimum Gasteiger partial charge on any atom is -0.294 e. The lowest BCUT2D eigenvalue weighted by Gasteiger charge is -2.02. The number of aryl methyl sites for hydroxylation is 1. The Kier molecular flexibility index (Phi) is 4.62. The van der Waals surface area contributed by atoms with Crippen LogP contribution in [0.1, 0.15) is 27.0 Å². The van der Waals surface area contributed by atoms with Crippen molar-refractivity contribution in [3.05, 3.63) is 101 Å². The van der Waals surface area contributed by atoms with E-state index >= 15 is 0 Å². The molecule has 1 heterocycles. The van der Waals surface area contributed by atoms with Crippen LogP contribution in [0.2, 0.25) is 0 Å². The minimum absolute atomic E-state index is 0.155. The van der Waals surface area contributed by atoms with Crippen LogP contribution in [0.5, 0.6) is 0 Å². The Morgan fingerprint density at radius 3 is 2.13 bits per heavy atom. The molecule has 0 saturated heterocycles. The van der Waals surface area contributed by atoms with Crippen LogP contribution in [0.25, 0.3) is 0 Å². The number of carbonyl (C=O) groups is 1. The van der Waals surface area contributed by atoms with Crippen LogP contribution in [0.4, 0.5) is 0 Å². The molecule has 0 amide bonds. The Labute approximate surface area is 137 Å². The highest BCUT2D eigenvalue weighted by Crippen LogP contribution is 2.07. The van der Waals surface area contributed by atoms with E-state index in [1.807, 2.05) is 54.9 Å². The first kappa shape index (κ1) is 15.2. The molecule has 0 saturated carbocycles. The third-order valence-corrected chi connectivity index (χ3v) is 3.91. The van der Waals surface area contributed by atoms with Gasteiger partial charge in [0.1, 0.15) is 0 Å². The smallest absolute Gasteiger partial charge is 0.173 e. The molecule has 0 aliphatic rings. The van der Waals surface area contributed by atoms with Gasteiger partial charge in [0.05, 0.1) is 0 Å². The van der Waals surface area contributed by atoms with Gasteiger partial charge in [0.15, 0.2) is 24.7 Å². The van der Waals surface area contributed by atoms with Crippen LogP contribution >= 0.6 is 0 Å². The molecule has 3 rings (SSSR count). The maximum absolute atomic E-state index is 12.2. The normalized spacial score (nSPS) is 10.5. The highest BCUT2D eigenvalue weighted by atomic mass is 16.1. The van der Waals surface area contributed by atoms with Crippen molar-refractivity contribution in [2.24, 2.45) is 0 Å². The molecule has 23 heavy (non-hydrogen) atoms. The lowest BCUT2D eigenvalue weighted by Crippen LogP contribution is -2.33. The largest absolute Gasteiger partial charge is 0.294 e. The van der Waals surface area contributed by atoms with Crippen LogP contribution < -0.4 is 4.57 Å². The molecule has 0 spiro atoms. The fourth-order valence-corrected chi connectivity index (χ4v) is 2.53. The zero-order valence-corrected chi connectivity index (χ0v) is 13.3. The maximum Gasteiger partial charge on any atom is 0.173 e. The van der Waals surface area contributed by atoms with Crippen LogP contribution in [-0.4, -0.2) is 5.78 Å². The molecule has 0 aliphatic heterocycles. The van der Waals surface area contributed by atoms with Gasteiger partial charge in [-0.1, -0.05) is 60.2 Å². The average Bonchev–Trinajstić information content (AvgIpc) is 2.59. The Balaban J connectivity index is 1.65. The highest BCUT2D eigenvalue weighted by Gasteiger charge is 2.08. The van der Waals surface area contributed by atoms with E-state index in [-0.39, 0.29) is 5.78 Å². The first-order valence-corrected chi connectivity index (χ1v) is 7.82. The Hall–Kier alpha value is -2.74. The van der Waals surface area contributed by atoms with Crippen LogP contribution in [0, 0.1) is 6.92 Å². The van der Waals surface area contributed by atoms with Gasteiger partial charge in [-0.05, 0) is 12.5 Å². The predicted octanol–water partition coefficient (Wildman–Crippen LogP) is 3.76. The van der Waals surface area contributed by atoms with E-state index < -0.39 is 0 Å². The number of pyridine rings is 1. The number of hydrogen-bond acceptors (Lipinski definition) is 1. The van der Waals surface area contributed by atoms with E-state index in [2.05, 4.69) is 35.8 Å². The van der Waals surface area contributed by atoms with E-state index in [1.54, 1.807) is 0 Å². The summed E-state index contributed by atoms with van der Waals surface area (Å²) in [6, 6.07) is 22.0. The zero-order chi connectivity index (χ0) is 16.1. The average molecular weight is 302 g/mol. The summed E-state index contributed by atoms with van der Waals surface area (Å²) in [4.78, 5) is 12.2. The third-order valence-electron chi connectivity index (χ3n) is 3.91. The van der Waals surface area contributed by atoms with E-state index in [0.29, 0.717) is 6.42 Å². The molecule has 3 aromatic rings. The molecule has 0 atom stereocenters. The summed E-state index contributed by atoms with van der Waals surface area (Å²) in [7, 11) is 0. The first-order valence-electron chi connectivity index (χ1n) is 7.82. The summed E-state index contributed by atoms with van der Waals surface area (Å²) in [6.07, 6.45) is 4.51. The van der Waals surface area contributed by atoms with Crippen molar-refractivity contribution in [3.63, 3.8) is 0 Å². The monoisotopic (exact) mass is 302 g/mol. The SMILES string of the molecule is Cc1ccc(C[n+]2ccc(CC(=O)c3ccccc3)cc2)cc1. The van der Waals surface area contributed by atoms with Crippen LogP contribution in [0.3, 0.4) is 0 Å². The molecule has 0 N–H and O–H groups in total. The van der Waals surface area contributed by atoms with Gasteiger partial charge in [0.25, 0.3) is 0 Å². The summed E-state index contributed by atoms with van der Waals surface area (Å²) >= 11 is 0. The second-order valence-electron chi connectivity index (χ2n) is 5.83. The number of carbonyl (C=O) groups excluding carboxylic acids is 1. The van der Waals surface area contributed by atoms with E-state index in [0.717, 1.165) is 17.7 Å². The van der Waals surface area contributed by atoms with Gasteiger partial charge in [-0.25, -0.2) is 4.57 Å². The molecule has 2 aromatic carbocycles. The molecule has 2 nitrogen and oxygen atoms in total. The van der Waals surface area contributed by atoms with Gasteiger partial charge in [-0.2, -0.15) is 0 Å². The van der Waals surface area contributed by atoms with Gasteiger partial charge in [-0.3, -0.25) is 4.79 Å². The highest BCUT2D eigenvalue weighted by molar-refractivity contribution is 5.97. The molecule has 1 aromatic heterocycles. The van der Waals surface area contributed by atoms with Crippen molar-refractivity contribution < 1.29 is 9.36 Å². The van der Waals surface area contributed by atoms with Crippen molar-refractivity contribution >= 4 is 5.78 Å². The number of ketones is 1. The van der Waals surface area contributed by atoms with Crippen molar-refractivity contribution in [1.82, 2.24) is 0 Å². The number of rotatable bonds is 5. The van der Waals surface area contributed by atoms with E-state index in [1.165, 1.54) is 11.1 Å². The van der Waals surface area contributed by atoms with Gasteiger partial charge >= 0.3 is 0 Å². The van der Waals surface area contributed by atoms with Crippen LogP contribution in [0.15, 0.2) is 79.1 Å². The molecule has 0 radical (unpaired) electrons. The topological polar surface area (TPSA) is 20.9 Å². The first-order chi connectivity index (χ1) is 11.2. The zero-order valence-electron chi connectivity index (χ0n) is 13.3. The molecule has 2 heteroatoms. The summed E-state index contributed by atoms with van der Waals surface area (Å²) in [6.45, 7) is 2.93. The van der Waals surface area contributed by atoms with E-state index in [9.17, 15) is 4.79 Å². The standard InChI is InChI=1S/C21H20NO/c1-17-7-9-19(10-8-17)16-22-13-11-18(12-14-22)15-21(23)20-5-3-2-4-6-20/h2-14H,15-16H2,1H3/q+1. The lowest BCUT2D eigenvalue weighted by molar-refractivity contribution is -0.688. The van der Waals surface area contributed by atoms with Gasteiger partial charge in [0.2, 0.25) is 0 Å². The van der Waals surface area contributed by atoms with E-state index in [4.69, 9.17) is 0 Å². The summed E-state index contributed by atoms with van der Waals surface area (Å²) in [5, 5.41) is 0. The lowest BCUT2D eigenvalue weighted by atomic mass is 10.0. The Morgan fingerprint density at radius 1 is 0.826 bits per heavy atom. The number of nitrogens with zero attached hydrogens (tertiary/aromatic N) is 1. The number of Topliss-reactive ketones (excluding diaryl/α,β-unsaturated/α-hetero) is 1. The quantitative estimate of drug-likeness (QED) is 0.519. The fourth-order valence-electron chi connectivity index (χ4n) is 2.53. The van der Waals surface area contributed by atoms with Gasteiger partial charge in [-0.15, -0.1) is 0 Å². The predicted molar refractivity (Wildman–Crippen MR) is 91.4 cm³/mol. The number of hydrogen-bond donors (Lipinski definition) is 0. The van der Waals surface area contributed by atoms with Gasteiger partial charge in [0, 0.05) is 29.7 Å². The summed E-state index contributed by atoms with van der Waals surface area (Å²) < 4.78 is 2.13. The fraction of sp³-hybridized carbons (Fsp3) is 0.143. The molecule has 114 valence electrons. The van der Waals surface area contributed by atoms with Crippen molar-refractivity contribution in [2.45, 2.75) is 19.9 Å². The van der Waals surface area contributed by atoms with Crippen LogP contribution in [-0.2, 0) is 13.0 Å². The molecule has 0 aliphatic carbocycles. The van der Waals surface area contributed by atoms with Gasteiger partial charge < -0.3 is 0 Å². The van der Waals surface area contributed by atoms with Crippen molar-refractivity contribution in [2.75, 3.05) is 0 Å². The Bertz CT molecular complexity index is 774. The van der Waals surface area contributed by atoms with Crippen molar-refractivity contribution in [3.8, 4) is 0 Å². The molecular formula is C21H20NO+. The molecule has 0 fully saturated rings. The number of aromatic nitrogens is 1. The number of benzene rings is 2. The second-order valence-corrected chi connectivity index (χ2v) is 5.83. The second kappa shape index (κ2) is 7.01. The third kappa shape index (κ3) is 4.13. The molecule has 0 bridgehead atoms. The summed E-state index contributed by atoms with van der Waals surface area (Å²) in [5.74, 6) is 0.155. The molecular weight excluding hydrogens is 282 g/mol. The summed E-state index contributed by atoms with van der Waals surface area (Å²) in [5.41, 5.74) is 4.35. The minimum atomic E-state index is 0.155.